The molecule has 1 saturated heterocycles. The summed E-state index contributed by atoms with van der Waals surface area (Å²) in [6.07, 6.45) is 3.82. The lowest BCUT2D eigenvalue weighted by molar-refractivity contribution is 0.170. The topological polar surface area (TPSA) is 70.1 Å². The van der Waals surface area contributed by atoms with E-state index in [1.54, 1.807) is 24.4 Å². The van der Waals surface area contributed by atoms with Crippen LogP contribution in [0.15, 0.2) is 36.5 Å². The molecule has 1 aromatic carbocycles. The van der Waals surface area contributed by atoms with E-state index in [4.69, 9.17) is 0 Å². The number of piperidine rings is 1. The molecule has 2 heterocycles. The SMILES string of the molecule is CC1(C)CC(Nc2ccnc(-c3cccc(O)c3)n2)CC(C)(C)N1. The maximum atomic E-state index is 9.64. The van der Waals surface area contributed by atoms with Crippen molar-refractivity contribution < 1.29 is 5.11 Å². The molecule has 0 bridgehead atoms. The fourth-order valence-electron chi connectivity index (χ4n) is 3.86. The molecule has 0 unspecified atom stereocenters. The van der Waals surface area contributed by atoms with Crippen LogP contribution in [-0.4, -0.2) is 32.2 Å². The van der Waals surface area contributed by atoms with Crippen LogP contribution < -0.4 is 10.6 Å². The third-order valence-electron chi connectivity index (χ3n) is 4.30. The predicted molar refractivity (Wildman–Crippen MR) is 97.1 cm³/mol. The first-order chi connectivity index (χ1) is 11.2. The number of aromatic nitrogens is 2. The second-order valence-corrected chi connectivity index (χ2v) is 7.96. The summed E-state index contributed by atoms with van der Waals surface area (Å²) in [5, 5.41) is 16.9. The zero-order valence-corrected chi connectivity index (χ0v) is 14.8. The Morgan fingerprint density at radius 2 is 1.83 bits per heavy atom. The number of rotatable bonds is 3. The summed E-state index contributed by atoms with van der Waals surface area (Å²) in [5.41, 5.74) is 0.977. The highest BCUT2D eigenvalue weighted by Gasteiger charge is 2.37. The van der Waals surface area contributed by atoms with E-state index < -0.39 is 0 Å². The standard InChI is InChI=1S/C19H26N4O/c1-18(2)11-14(12-19(3,4)23-18)21-16-8-9-20-17(22-16)13-6-5-7-15(24)10-13/h5-10,14,23-24H,11-12H2,1-4H3,(H,20,21,22). The van der Waals surface area contributed by atoms with Crippen molar-refractivity contribution in [2.45, 2.75) is 57.7 Å². The molecule has 24 heavy (non-hydrogen) atoms. The van der Waals surface area contributed by atoms with Crippen molar-refractivity contribution >= 4 is 5.82 Å². The maximum Gasteiger partial charge on any atom is 0.161 e. The maximum absolute atomic E-state index is 9.64. The predicted octanol–water partition coefficient (Wildman–Crippen LogP) is 3.57. The molecule has 0 saturated carbocycles. The first-order valence-electron chi connectivity index (χ1n) is 8.41. The van der Waals surface area contributed by atoms with E-state index in [9.17, 15) is 5.11 Å². The van der Waals surface area contributed by atoms with Crippen molar-refractivity contribution in [3.63, 3.8) is 0 Å². The van der Waals surface area contributed by atoms with Gasteiger partial charge in [-0.3, -0.25) is 0 Å². The molecule has 5 nitrogen and oxygen atoms in total. The van der Waals surface area contributed by atoms with Gasteiger partial charge >= 0.3 is 0 Å². The smallest absolute Gasteiger partial charge is 0.161 e. The third kappa shape index (κ3) is 4.03. The van der Waals surface area contributed by atoms with Gasteiger partial charge in [-0.05, 0) is 58.7 Å². The Kier molecular flexibility index (Phi) is 4.22. The van der Waals surface area contributed by atoms with Crippen LogP contribution in [0.5, 0.6) is 5.75 Å². The summed E-state index contributed by atoms with van der Waals surface area (Å²) in [6, 6.07) is 9.26. The van der Waals surface area contributed by atoms with Crippen LogP contribution in [0.4, 0.5) is 5.82 Å². The van der Waals surface area contributed by atoms with Gasteiger partial charge in [-0.1, -0.05) is 12.1 Å². The van der Waals surface area contributed by atoms with E-state index in [-0.39, 0.29) is 16.8 Å². The van der Waals surface area contributed by atoms with E-state index >= 15 is 0 Å². The summed E-state index contributed by atoms with van der Waals surface area (Å²) < 4.78 is 0. The van der Waals surface area contributed by atoms with E-state index in [2.05, 4.69) is 48.3 Å². The molecule has 3 N–H and O–H groups in total. The molecular formula is C19H26N4O. The zero-order valence-electron chi connectivity index (χ0n) is 14.8. The molecule has 128 valence electrons. The summed E-state index contributed by atoms with van der Waals surface area (Å²) >= 11 is 0. The number of hydrogen-bond acceptors (Lipinski definition) is 5. The van der Waals surface area contributed by atoms with Gasteiger partial charge in [0.1, 0.15) is 11.6 Å². The molecule has 2 aromatic rings. The number of nitrogens with one attached hydrogen (secondary N) is 2. The second kappa shape index (κ2) is 6.06. The first kappa shape index (κ1) is 16.7. The van der Waals surface area contributed by atoms with Crippen LogP contribution >= 0.6 is 0 Å². The van der Waals surface area contributed by atoms with E-state index in [0.717, 1.165) is 24.2 Å². The van der Waals surface area contributed by atoms with Crippen LogP contribution in [-0.2, 0) is 0 Å². The van der Waals surface area contributed by atoms with Crippen LogP contribution in [0.1, 0.15) is 40.5 Å². The van der Waals surface area contributed by atoms with E-state index in [0.29, 0.717) is 11.9 Å². The van der Waals surface area contributed by atoms with Gasteiger partial charge in [-0.2, -0.15) is 0 Å². The minimum absolute atomic E-state index is 0.0838. The zero-order chi connectivity index (χ0) is 17.4. The summed E-state index contributed by atoms with van der Waals surface area (Å²) in [4.78, 5) is 8.95. The summed E-state index contributed by atoms with van der Waals surface area (Å²) in [5.74, 6) is 1.65. The third-order valence-corrected chi connectivity index (χ3v) is 4.30. The molecule has 1 fully saturated rings. The second-order valence-electron chi connectivity index (χ2n) is 7.96. The minimum Gasteiger partial charge on any atom is -0.508 e. The highest BCUT2D eigenvalue weighted by molar-refractivity contribution is 5.59. The molecule has 0 radical (unpaired) electrons. The molecule has 0 spiro atoms. The number of benzene rings is 1. The molecule has 5 heteroatoms. The Morgan fingerprint density at radius 3 is 2.50 bits per heavy atom. The molecule has 1 aliphatic rings. The molecule has 1 aliphatic heterocycles. The van der Waals surface area contributed by atoms with Gasteiger partial charge in [0.15, 0.2) is 5.82 Å². The van der Waals surface area contributed by atoms with E-state index in [1.165, 1.54) is 0 Å². The number of phenols is 1. The Hall–Kier alpha value is -2.14. The number of nitrogens with zero attached hydrogens (tertiary/aromatic N) is 2. The van der Waals surface area contributed by atoms with Gasteiger partial charge in [0, 0.05) is 28.9 Å². The number of aromatic hydroxyl groups is 1. The van der Waals surface area contributed by atoms with Gasteiger partial charge in [-0.25, -0.2) is 9.97 Å². The molecule has 0 atom stereocenters. The largest absolute Gasteiger partial charge is 0.508 e. The fraction of sp³-hybridized carbons (Fsp3) is 0.474. The molecular weight excluding hydrogens is 300 g/mol. The highest BCUT2D eigenvalue weighted by atomic mass is 16.3. The van der Waals surface area contributed by atoms with Crippen molar-refractivity contribution in [2.75, 3.05) is 5.32 Å². The quantitative estimate of drug-likeness (QED) is 0.804. The normalized spacial score (nSPS) is 19.8. The van der Waals surface area contributed by atoms with Crippen LogP contribution in [0.25, 0.3) is 11.4 Å². The number of phenolic OH excluding ortho intramolecular Hbond substituents is 1. The minimum atomic E-state index is 0.0838. The Bertz CT molecular complexity index is 711. The number of hydrogen-bond donors (Lipinski definition) is 3. The first-order valence-corrected chi connectivity index (χ1v) is 8.41. The average Bonchev–Trinajstić information content (AvgIpc) is 2.44. The summed E-state index contributed by atoms with van der Waals surface area (Å²) in [7, 11) is 0. The van der Waals surface area contributed by atoms with Crippen molar-refractivity contribution in [1.82, 2.24) is 15.3 Å². The van der Waals surface area contributed by atoms with Gasteiger partial charge in [0.2, 0.25) is 0 Å². The highest BCUT2D eigenvalue weighted by Crippen LogP contribution is 2.30. The lowest BCUT2D eigenvalue weighted by Crippen LogP contribution is -2.60. The van der Waals surface area contributed by atoms with Crippen LogP contribution in [0.3, 0.4) is 0 Å². The average molecular weight is 326 g/mol. The lowest BCUT2D eigenvalue weighted by Gasteiger charge is -2.46. The van der Waals surface area contributed by atoms with Gasteiger partial charge in [0.05, 0.1) is 0 Å². The van der Waals surface area contributed by atoms with Crippen molar-refractivity contribution in [2.24, 2.45) is 0 Å². The Balaban J connectivity index is 1.80. The van der Waals surface area contributed by atoms with Gasteiger partial charge in [-0.15, -0.1) is 0 Å². The van der Waals surface area contributed by atoms with Crippen LogP contribution in [0.2, 0.25) is 0 Å². The Labute approximate surface area is 143 Å². The molecule has 0 amide bonds. The molecule has 0 aliphatic carbocycles. The van der Waals surface area contributed by atoms with Crippen molar-refractivity contribution in [1.29, 1.82) is 0 Å². The van der Waals surface area contributed by atoms with Gasteiger partial charge < -0.3 is 15.7 Å². The van der Waals surface area contributed by atoms with Gasteiger partial charge in [0.25, 0.3) is 0 Å². The monoisotopic (exact) mass is 326 g/mol. The van der Waals surface area contributed by atoms with Crippen molar-refractivity contribution in [3.8, 4) is 17.1 Å². The lowest BCUT2D eigenvalue weighted by atomic mass is 9.79. The molecule has 1 aromatic heterocycles. The van der Waals surface area contributed by atoms with Crippen LogP contribution in [0, 0.1) is 0 Å². The number of anilines is 1. The summed E-state index contributed by atoms with van der Waals surface area (Å²) in [6.45, 7) is 8.95. The Morgan fingerprint density at radius 1 is 1.12 bits per heavy atom. The van der Waals surface area contributed by atoms with Crippen molar-refractivity contribution in [3.05, 3.63) is 36.5 Å². The van der Waals surface area contributed by atoms with E-state index in [1.807, 2.05) is 12.1 Å². The fourth-order valence-corrected chi connectivity index (χ4v) is 3.86. The molecule has 3 rings (SSSR count).